The molecule has 2 rings (SSSR count). The molecule has 148 valence electrons. The molecule has 0 aromatic rings. The number of aliphatic hydroxyl groups excluding tert-OH is 2. The molecule has 2 saturated carbocycles. The Morgan fingerprint density at radius 3 is 2.85 bits per heavy atom. The molecule has 4 heteroatoms. The van der Waals surface area contributed by atoms with Crippen molar-refractivity contribution < 1.29 is 19.7 Å². The number of carbonyl (C=O) groups excluding carboxylic acids is 1. The predicted molar refractivity (Wildman–Crippen MR) is 104 cm³/mol. The zero-order chi connectivity index (χ0) is 18.9. The summed E-state index contributed by atoms with van der Waals surface area (Å²) in [4.78, 5) is 11.2. The van der Waals surface area contributed by atoms with Gasteiger partial charge in [-0.25, -0.2) is 0 Å². The van der Waals surface area contributed by atoms with Crippen LogP contribution in [0.15, 0.2) is 23.8 Å². The highest BCUT2D eigenvalue weighted by Crippen LogP contribution is 2.50. The van der Waals surface area contributed by atoms with Gasteiger partial charge < -0.3 is 14.9 Å². The van der Waals surface area contributed by atoms with E-state index < -0.39 is 0 Å². The van der Waals surface area contributed by atoms with Crippen LogP contribution in [0, 0.1) is 17.8 Å². The van der Waals surface area contributed by atoms with Crippen LogP contribution in [0.4, 0.5) is 0 Å². The summed E-state index contributed by atoms with van der Waals surface area (Å²) in [5.41, 5.74) is 1.47. The molecule has 0 spiro atoms. The lowest BCUT2D eigenvalue weighted by Gasteiger charge is -2.17. The summed E-state index contributed by atoms with van der Waals surface area (Å²) in [7, 11) is 1.43. The standard InChI is InChI=1S/C22H36O4/c1-3-4-5-9-18(23)11-12-19-20-14-16(13-17(20)15-21(19)24)8-6-7-10-22(25)26-2/h8,11-12,17-21,23-24H,3-7,9-10,13-15H2,1-2H3. The average molecular weight is 365 g/mol. The Balaban J connectivity index is 1.81. The molecule has 0 aromatic carbocycles. The molecular weight excluding hydrogens is 328 g/mol. The maximum atomic E-state index is 11.2. The molecule has 0 bridgehead atoms. The topological polar surface area (TPSA) is 66.8 Å². The summed E-state index contributed by atoms with van der Waals surface area (Å²) in [5.74, 6) is 1.08. The fourth-order valence-electron chi connectivity index (χ4n) is 4.55. The monoisotopic (exact) mass is 364 g/mol. The summed E-state index contributed by atoms with van der Waals surface area (Å²) in [6.07, 6.45) is 15.0. The Kier molecular flexibility index (Phi) is 8.86. The summed E-state index contributed by atoms with van der Waals surface area (Å²) in [6, 6.07) is 0. The average Bonchev–Trinajstić information content (AvgIpc) is 3.13. The Hall–Kier alpha value is -1.13. The molecule has 0 radical (unpaired) electrons. The molecule has 5 atom stereocenters. The highest BCUT2D eigenvalue weighted by atomic mass is 16.5. The largest absolute Gasteiger partial charge is 0.469 e. The second-order valence-electron chi connectivity index (χ2n) is 7.99. The van der Waals surface area contributed by atoms with Crippen molar-refractivity contribution in [3.8, 4) is 0 Å². The second-order valence-corrected chi connectivity index (χ2v) is 7.99. The number of aliphatic hydroxyl groups is 2. The van der Waals surface area contributed by atoms with Crippen LogP contribution < -0.4 is 0 Å². The van der Waals surface area contributed by atoms with Crippen molar-refractivity contribution >= 4 is 5.97 Å². The number of carbonyl (C=O) groups is 1. The molecule has 2 fully saturated rings. The highest BCUT2D eigenvalue weighted by Gasteiger charge is 2.44. The molecule has 0 aromatic heterocycles. The van der Waals surface area contributed by atoms with E-state index in [1.54, 1.807) is 0 Å². The number of fused-ring (bicyclic) bond motifs is 1. The first-order valence-corrected chi connectivity index (χ1v) is 10.3. The molecule has 2 aliphatic rings. The van der Waals surface area contributed by atoms with Gasteiger partial charge in [0.2, 0.25) is 0 Å². The van der Waals surface area contributed by atoms with Gasteiger partial charge in [0.15, 0.2) is 0 Å². The lowest BCUT2D eigenvalue weighted by molar-refractivity contribution is -0.140. The quantitative estimate of drug-likeness (QED) is 0.347. The van der Waals surface area contributed by atoms with Gasteiger partial charge in [0.1, 0.15) is 0 Å². The van der Waals surface area contributed by atoms with Gasteiger partial charge in [-0.05, 0) is 50.4 Å². The summed E-state index contributed by atoms with van der Waals surface area (Å²) in [5, 5.41) is 20.5. The minimum Gasteiger partial charge on any atom is -0.469 e. The molecule has 2 N–H and O–H groups in total. The number of hydrogen-bond acceptors (Lipinski definition) is 4. The van der Waals surface area contributed by atoms with Crippen LogP contribution >= 0.6 is 0 Å². The minimum atomic E-state index is -0.387. The van der Waals surface area contributed by atoms with Gasteiger partial charge in [-0.2, -0.15) is 0 Å². The van der Waals surface area contributed by atoms with Crippen LogP contribution in [0.25, 0.3) is 0 Å². The van der Waals surface area contributed by atoms with E-state index in [4.69, 9.17) is 0 Å². The third kappa shape index (κ3) is 6.24. The Bertz CT molecular complexity index is 496. The van der Waals surface area contributed by atoms with E-state index in [9.17, 15) is 15.0 Å². The number of rotatable bonds is 10. The smallest absolute Gasteiger partial charge is 0.305 e. The van der Waals surface area contributed by atoms with Gasteiger partial charge >= 0.3 is 5.97 Å². The van der Waals surface area contributed by atoms with Gasteiger partial charge in [0.25, 0.3) is 0 Å². The summed E-state index contributed by atoms with van der Waals surface area (Å²) < 4.78 is 4.67. The van der Waals surface area contributed by atoms with Crippen LogP contribution in [0.1, 0.15) is 71.1 Å². The lowest BCUT2D eigenvalue weighted by atomic mass is 9.90. The number of esters is 1. The minimum absolute atomic E-state index is 0.141. The van der Waals surface area contributed by atoms with Crippen LogP contribution in [0.5, 0.6) is 0 Å². The van der Waals surface area contributed by atoms with E-state index >= 15 is 0 Å². The number of hydrogen-bond donors (Lipinski definition) is 2. The third-order valence-corrected chi connectivity index (χ3v) is 6.02. The maximum Gasteiger partial charge on any atom is 0.305 e. The van der Waals surface area contributed by atoms with Gasteiger partial charge in [-0.1, -0.05) is 50.0 Å². The van der Waals surface area contributed by atoms with Crippen molar-refractivity contribution in [1.82, 2.24) is 0 Å². The number of allylic oxidation sites excluding steroid dienone is 2. The Morgan fingerprint density at radius 1 is 1.31 bits per heavy atom. The van der Waals surface area contributed by atoms with Gasteiger partial charge in [0, 0.05) is 12.3 Å². The molecule has 26 heavy (non-hydrogen) atoms. The van der Waals surface area contributed by atoms with Crippen LogP contribution in [0.3, 0.4) is 0 Å². The van der Waals surface area contributed by atoms with Crippen molar-refractivity contribution in [2.24, 2.45) is 17.8 Å². The zero-order valence-corrected chi connectivity index (χ0v) is 16.4. The Labute approximate surface area is 158 Å². The maximum absolute atomic E-state index is 11.2. The van der Waals surface area contributed by atoms with Crippen LogP contribution in [0.2, 0.25) is 0 Å². The van der Waals surface area contributed by atoms with Crippen LogP contribution in [-0.4, -0.2) is 35.5 Å². The SMILES string of the molecule is CCCCCC(O)C=CC1C(O)CC2CC(=CCCCC(=O)OC)CC21. The van der Waals surface area contributed by atoms with Gasteiger partial charge in [-0.15, -0.1) is 0 Å². The first kappa shape index (κ1) is 21.2. The van der Waals surface area contributed by atoms with Crippen molar-refractivity contribution in [3.63, 3.8) is 0 Å². The Morgan fingerprint density at radius 2 is 2.12 bits per heavy atom. The predicted octanol–water partition coefficient (Wildman–Crippen LogP) is 4.16. The van der Waals surface area contributed by atoms with Crippen molar-refractivity contribution in [3.05, 3.63) is 23.8 Å². The van der Waals surface area contributed by atoms with E-state index in [2.05, 4.69) is 23.8 Å². The normalized spacial score (nSPS) is 30.8. The van der Waals surface area contributed by atoms with E-state index in [1.807, 2.05) is 6.08 Å². The number of unbranched alkanes of at least 4 members (excludes halogenated alkanes) is 3. The molecule has 2 aliphatic carbocycles. The second kappa shape index (κ2) is 10.9. The first-order valence-electron chi connectivity index (χ1n) is 10.3. The lowest BCUT2D eigenvalue weighted by Crippen LogP contribution is -2.17. The number of ether oxygens (including phenoxy) is 1. The molecule has 5 unspecified atom stereocenters. The number of methoxy groups -OCH3 is 1. The fourth-order valence-corrected chi connectivity index (χ4v) is 4.55. The molecule has 0 heterocycles. The first-order chi connectivity index (χ1) is 12.5. The van der Waals surface area contributed by atoms with Crippen molar-refractivity contribution in [2.75, 3.05) is 7.11 Å². The fraction of sp³-hybridized carbons (Fsp3) is 0.773. The summed E-state index contributed by atoms with van der Waals surface area (Å²) >= 11 is 0. The van der Waals surface area contributed by atoms with Crippen LogP contribution in [-0.2, 0) is 9.53 Å². The third-order valence-electron chi connectivity index (χ3n) is 6.02. The van der Waals surface area contributed by atoms with Crippen molar-refractivity contribution in [2.45, 2.75) is 83.3 Å². The molecular formula is C22H36O4. The van der Waals surface area contributed by atoms with E-state index in [1.165, 1.54) is 12.7 Å². The van der Waals surface area contributed by atoms with Crippen molar-refractivity contribution in [1.29, 1.82) is 0 Å². The van der Waals surface area contributed by atoms with Gasteiger partial charge in [0.05, 0.1) is 19.3 Å². The summed E-state index contributed by atoms with van der Waals surface area (Å²) in [6.45, 7) is 2.16. The van der Waals surface area contributed by atoms with E-state index in [-0.39, 0.29) is 24.1 Å². The van der Waals surface area contributed by atoms with Gasteiger partial charge in [-0.3, -0.25) is 4.79 Å². The molecule has 4 nitrogen and oxygen atoms in total. The zero-order valence-electron chi connectivity index (χ0n) is 16.4. The molecule has 0 aliphatic heterocycles. The molecule has 0 amide bonds. The van der Waals surface area contributed by atoms with E-state index in [0.29, 0.717) is 18.3 Å². The molecule has 0 saturated heterocycles. The highest BCUT2D eigenvalue weighted by molar-refractivity contribution is 5.69. The van der Waals surface area contributed by atoms with E-state index in [0.717, 1.165) is 57.8 Å².